The lowest BCUT2D eigenvalue weighted by Crippen LogP contribution is -2.44. The summed E-state index contributed by atoms with van der Waals surface area (Å²) >= 11 is 0. The lowest BCUT2D eigenvalue weighted by Gasteiger charge is -2.33. The molecule has 0 aromatic heterocycles. The van der Waals surface area contributed by atoms with E-state index in [0.29, 0.717) is 6.04 Å². The molecule has 1 atom stereocenters. The first-order chi connectivity index (χ1) is 8.36. The molecule has 1 heterocycles. The average molecular weight is 234 g/mol. The fourth-order valence-electron chi connectivity index (χ4n) is 2.16. The first-order valence-corrected chi connectivity index (χ1v) is 6.47. The van der Waals surface area contributed by atoms with Gasteiger partial charge in [-0.3, -0.25) is 4.90 Å². The number of rotatable bonds is 5. The fourth-order valence-corrected chi connectivity index (χ4v) is 2.16. The molecule has 0 bridgehead atoms. The van der Waals surface area contributed by atoms with E-state index in [1.54, 1.807) is 0 Å². The molecule has 0 aliphatic carbocycles. The summed E-state index contributed by atoms with van der Waals surface area (Å²) < 4.78 is 5.43. The van der Waals surface area contributed by atoms with Crippen molar-refractivity contribution in [2.75, 3.05) is 38.2 Å². The van der Waals surface area contributed by atoms with Crippen molar-refractivity contribution in [3.63, 3.8) is 0 Å². The molecule has 1 fully saturated rings. The van der Waals surface area contributed by atoms with E-state index < -0.39 is 0 Å². The van der Waals surface area contributed by atoms with Gasteiger partial charge in [-0.2, -0.15) is 0 Å². The van der Waals surface area contributed by atoms with Crippen LogP contribution in [0.15, 0.2) is 30.3 Å². The summed E-state index contributed by atoms with van der Waals surface area (Å²) in [7, 11) is 0. The third-order valence-corrected chi connectivity index (χ3v) is 3.23. The van der Waals surface area contributed by atoms with E-state index in [1.165, 1.54) is 12.1 Å². The molecule has 3 nitrogen and oxygen atoms in total. The molecule has 3 heteroatoms. The minimum Gasteiger partial charge on any atom is -0.385 e. The Labute approximate surface area is 104 Å². The van der Waals surface area contributed by atoms with Crippen molar-refractivity contribution in [1.29, 1.82) is 0 Å². The van der Waals surface area contributed by atoms with Crippen LogP contribution < -0.4 is 5.32 Å². The molecule has 1 saturated heterocycles. The molecule has 1 aromatic rings. The van der Waals surface area contributed by atoms with Gasteiger partial charge in [-0.1, -0.05) is 18.2 Å². The summed E-state index contributed by atoms with van der Waals surface area (Å²) in [6, 6.07) is 11.0. The van der Waals surface area contributed by atoms with Crippen LogP contribution in [0, 0.1) is 0 Å². The van der Waals surface area contributed by atoms with Gasteiger partial charge in [0, 0.05) is 31.4 Å². The third kappa shape index (κ3) is 4.02. The smallest absolute Gasteiger partial charge is 0.0619 e. The second-order valence-electron chi connectivity index (χ2n) is 4.61. The number of anilines is 1. The Balaban J connectivity index is 1.63. The Hall–Kier alpha value is -1.06. The largest absolute Gasteiger partial charge is 0.385 e. The van der Waals surface area contributed by atoms with Crippen molar-refractivity contribution in [1.82, 2.24) is 4.90 Å². The summed E-state index contributed by atoms with van der Waals surface area (Å²) in [6.07, 6.45) is 1.18. The molecule has 1 unspecified atom stereocenters. The number of nitrogens with zero attached hydrogens (tertiary/aromatic N) is 1. The Morgan fingerprint density at radius 3 is 2.94 bits per heavy atom. The molecule has 2 rings (SSSR count). The zero-order chi connectivity index (χ0) is 11.9. The van der Waals surface area contributed by atoms with E-state index in [-0.39, 0.29) is 0 Å². The normalized spacial score (nSPS) is 21.4. The van der Waals surface area contributed by atoms with E-state index in [9.17, 15) is 0 Å². The summed E-state index contributed by atoms with van der Waals surface area (Å²) in [4.78, 5) is 2.51. The van der Waals surface area contributed by atoms with E-state index in [1.807, 2.05) is 6.07 Å². The van der Waals surface area contributed by atoms with Crippen LogP contribution >= 0.6 is 0 Å². The summed E-state index contributed by atoms with van der Waals surface area (Å²) in [5, 5.41) is 3.44. The molecular formula is C14H22N2O. The second-order valence-corrected chi connectivity index (χ2v) is 4.61. The number of ether oxygens (including phenoxy) is 1. The van der Waals surface area contributed by atoms with Gasteiger partial charge in [0.1, 0.15) is 0 Å². The van der Waals surface area contributed by atoms with E-state index in [4.69, 9.17) is 4.74 Å². The van der Waals surface area contributed by atoms with Crippen LogP contribution in [0.3, 0.4) is 0 Å². The second kappa shape index (κ2) is 6.62. The highest BCUT2D eigenvalue weighted by molar-refractivity contribution is 5.42. The highest BCUT2D eigenvalue weighted by atomic mass is 16.5. The molecule has 0 spiro atoms. The third-order valence-electron chi connectivity index (χ3n) is 3.23. The molecule has 1 aliphatic heterocycles. The summed E-state index contributed by atoms with van der Waals surface area (Å²) in [5.74, 6) is 0. The molecule has 0 saturated carbocycles. The fraction of sp³-hybridized carbons (Fsp3) is 0.571. The minimum atomic E-state index is 0.570. The van der Waals surface area contributed by atoms with Gasteiger partial charge in [-0.05, 0) is 25.5 Å². The summed E-state index contributed by atoms with van der Waals surface area (Å²) in [6.45, 7) is 7.28. The molecular weight excluding hydrogens is 212 g/mol. The van der Waals surface area contributed by atoms with Crippen molar-refractivity contribution >= 4 is 5.69 Å². The number of benzene rings is 1. The molecule has 1 aliphatic rings. The van der Waals surface area contributed by atoms with Crippen molar-refractivity contribution in [3.05, 3.63) is 30.3 Å². The van der Waals surface area contributed by atoms with Crippen LogP contribution in [-0.2, 0) is 4.74 Å². The van der Waals surface area contributed by atoms with E-state index in [0.717, 1.165) is 32.8 Å². The van der Waals surface area contributed by atoms with Crippen LogP contribution in [0.2, 0.25) is 0 Å². The maximum Gasteiger partial charge on any atom is 0.0619 e. The number of hydrogen-bond donors (Lipinski definition) is 1. The topological polar surface area (TPSA) is 24.5 Å². The number of morpholine rings is 1. The van der Waals surface area contributed by atoms with Crippen LogP contribution in [0.5, 0.6) is 0 Å². The number of para-hydroxylation sites is 1. The van der Waals surface area contributed by atoms with Gasteiger partial charge in [-0.15, -0.1) is 0 Å². The van der Waals surface area contributed by atoms with Gasteiger partial charge in [0.25, 0.3) is 0 Å². The van der Waals surface area contributed by atoms with Gasteiger partial charge in [-0.25, -0.2) is 0 Å². The summed E-state index contributed by atoms with van der Waals surface area (Å²) in [5.41, 5.74) is 1.21. The number of nitrogens with one attached hydrogen (secondary N) is 1. The monoisotopic (exact) mass is 234 g/mol. The lowest BCUT2D eigenvalue weighted by atomic mass is 10.2. The zero-order valence-electron chi connectivity index (χ0n) is 10.6. The highest BCUT2D eigenvalue weighted by Gasteiger charge is 2.17. The molecule has 94 valence electrons. The minimum absolute atomic E-state index is 0.570. The van der Waals surface area contributed by atoms with Gasteiger partial charge in [0.05, 0.1) is 13.2 Å². The zero-order valence-corrected chi connectivity index (χ0v) is 10.6. The van der Waals surface area contributed by atoms with Crippen LogP contribution in [0.4, 0.5) is 5.69 Å². The van der Waals surface area contributed by atoms with Gasteiger partial charge >= 0.3 is 0 Å². The number of hydrogen-bond acceptors (Lipinski definition) is 3. The quantitative estimate of drug-likeness (QED) is 0.791. The maximum atomic E-state index is 5.43. The molecule has 1 N–H and O–H groups in total. The highest BCUT2D eigenvalue weighted by Crippen LogP contribution is 2.08. The van der Waals surface area contributed by atoms with Crippen LogP contribution in [-0.4, -0.2) is 43.8 Å². The van der Waals surface area contributed by atoms with Gasteiger partial charge in [0.15, 0.2) is 0 Å². The van der Waals surface area contributed by atoms with Crippen LogP contribution in [0.1, 0.15) is 13.3 Å². The van der Waals surface area contributed by atoms with Crippen molar-refractivity contribution in [2.24, 2.45) is 0 Å². The Morgan fingerprint density at radius 2 is 2.18 bits per heavy atom. The predicted octanol–water partition coefficient (Wildman–Crippen LogP) is 2.21. The van der Waals surface area contributed by atoms with Crippen LogP contribution in [0.25, 0.3) is 0 Å². The van der Waals surface area contributed by atoms with E-state index in [2.05, 4.69) is 41.4 Å². The Kier molecular flexibility index (Phi) is 4.83. The lowest BCUT2D eigenvalue weighted by molar-refractivity contribution is -0.000247. The predicted molar refractivity (Wildman–Crippen MR) is 71.4 cm³/mol. The van der Waals surface area contributed by atoms with Gasteiger partial charge in [0.2, 0.25) is 0 Å². The SMILES string of the molecule is CC1COCCN1CCCNc1ccccc1. The standard InChI is InChI=1S/C14H22N2O/c1-13-12-17-11-10-16(13)9-5-8-15-14-6-3-2-4-7-14/h2-4,6-7,13,15H,5,8-12H2,1H3. The molecule has 0 radical (unpaired) electrons. The first kappa shape index (κ1) is 12.4. The van der Waals surface area contributed by atoms with Crippen molar-refractivity contribution in [2.45, 2.75) is 19.4 Å². The average Bonchev–Trinajstić information content (AvgIpc) is 2.38. The molecule has 0 amide bonds. The van der Waals surface area contributed by atoms with Crippen molar-refractivity contribution < 1.29 is 4.74 Å². The molecule has 17 heavy (non-hydrogen) atoms. The van der Waals surface area contributed by atoms with E-state index >= 15 is 0 Å². The first-order valence-electron chi connectivity index (χ1n) is 6.47. The Morgan fingerprint density at radius 1 is 1.35 bits per heavy atom. The van der Waals surface area contributed by atoms with Crippen molar-refractivity contribution in [3.8, 4) is 0 Å². The van der Waals surface area contributed by atoms with Gasteiger partial charge < -0.3 is 10.1 Å². The Bertz CT molecular complexity index is 315. The molecule has 1 aromatic carbocycles. The maximum absolute atomic E-state index is 5.43.